The number of nitrogens with two attached hydrogens (primary N) is 1. The first-order chi connectivity index (χ1) is 11.7. The van der Waals surface area contributed by atoms with Crippen LogP contribution in [0, 0.1) is 0 Å². The first-order valence-corrected chi connectivity index (χ1v) is 8.40. The van der Waals surface area contributed by atoms with Crippen LogP contribution in [0.5, 0.6) is 5.75 Å². The molecule has 2 aromatic carbocycles. The molecule has 0 spiro atoms. The summed E-state index contributed by atoms with van der Waals surface area (Å²) in [6.45, 7) is 1.79. The lowest BCUT2D eigenvalue weighted by Gasteiger charge is -2.41. The highest BCUT2D eigenvalue weighted by atomic mass is 35.5. The fraction of sp³-hybridized carbons (Fsp3) is 0.333. The smallest absolute Gasteiger partial charge is 0.119 e. The molecule has 0 aliphatic carbocycles. The summed E-state index contributed by atoms with van der Waals surface area (Å²) < 4.78 is 5.42. The van der Waals surface area contributed by atoms with Crippen molar-refractivity contribution in [1.82, 2.24) is 5.32 Å². The Morgan fingerprint density at radius 3 is 2.54 bits per heavy atom. The van der Waals surface area contributed by atoms with Gasteiger partial charge in [0.25, 0.3) is 0 Å². The Bertz CT molecular complexity index is 648. The third-order valence-electron chi connectivity index (χ3n) is 4.13. The van der Waals surface area contributed by atoms with Crippen LogP contribution in [0.1, 0.15) is 11.6 Å². The average molecular weight is 348 g/mol. The number of halogens is 1. The molecule has 0 amide bonds. The van der Waals surface area contributed by atoms with Gasteiger partial charge in [0.2, 0.25) is 0 Å². The van der Waals surface area contributed by atoms with Crippen LogP contribution < -0.4 is 20.7 Å². The van der Waals surface area contributed by atoms with Crippen molar-refractivity contribution >= 4 is 17.3 Å². The maximum Gasteiger partial charge on any atom is 0.119 e. The number of nitrogens with zero attached hydrogens (tertiary/aromatic N) is 1. The molecule has 0 aromatic heterocycles. The predicted octanol–water partition coefficient (Wildman–Crippen LogP) is 2.15. The Labute approximate surface area is 147 Å². The topological polar surface area (TPSA) is 70.8 Å². The van der Waals surface area contributed by atoms with Gasteiger partial charge in [-0.2, -0.15) is 0 Å². The van der Waals surface area contributed by atoms with E-state index in [0.29, 0.717) is 13.2 Å². The second kappa shape index (κ2) is 7.85. The van der Waals surface area contributed by atoms with Crippen molar-refractivity contribution in [3.8, 4) is 5.75 Å². The molecule has 6 heteroatoms. The van der Waals surface area contributed by atoms with Crippen LogP contribution in [0.15, 0.2) is 48.5 Å². The quantitative estimate of drug-likeness (QED) is 0.773. The molecule has 0 bridgehead atoms. The first-order valence-electron chi connectivity index (χ1n) is 8.02. The second-order valence-electron chi connectivity index (χ2n) is 5.80. The molecule has 2 aromatic rings. The lowest BCUT2D eigenvalue weighted by Crippen LogP contribution is -2.56. The Morgan fingerprint density at radius 2 is 1.88 bits per heavy atom. The first kappa shape index (κ1) is 17.0. The van der Waals surface area contributed by atoms with Gasteiger partial charge in [-0.1, -0.05) is 23.7 Å². The van der Waals surface area contributed by atoms with Gasteiger partial charge in [0.15, 0.2) is 0 Å². The van der Waals surface area contributed by atoms with Crippen LogP contribution in [0.3, 0.4) is 0 Å². The Morgan fingerprint density at radius 1 is 1.17 bits per heavy atom. The lowest BCUT2D eigenvalue weighted by atomic mass is 10.0. The van der Waals surface area contributed by atoms with Gasteiger partial charge in [-0.25, -0.2) is 0 Å². The number of benzene rings is 2. The summed E-state index contributed by atoms with van der Waals surface area (Å²) in [5.41, 5.74) is 8.38. The van der Waals surface area contributed by atoms with Crippen molar-refractivity contribution in [2.45, 2.75) is 12.2 Å². The highest BCUT2D eigenvalue weighted by molar-refractivity contribution is 6.30. The van der Waals surface area contributed by atoms with E-state index in [-0.39, 0.29) is 18.8 Å². The van der Waals surface area contributed by atoms with E-state index in [4.69, 9.17) is 27.2 Å². The van der Waals surface area contributed by atoms with E-state index in [1.165, 1.54) is 5.56 Å². The third kappa shape index (κ3) is 3.99. The normalized spacial score (nSPS) is 20.9. The van der Waals surface area contributed by atoms with Crippen LogP contribution in [-0.4, -0.2) is 37.6 Å². The van der Waals surface area contributed by atoms with Crippen molar-refractivity contribution in [2.75, 3.05) is 31.2 Å². The van der Waals surface area contributed by atoms with Gasteiger partial charge in [-0.15, -0.1) is 0 Å². The summed E-state index contributed by atoms with van der Waals surface area (Å²) in [5.74, 6) is 0.746. The molecule has 1 aliphatic rings. The monoisotopic (exact) mass is 347 g/mol. The number of aliphatic hydroxyl groups excluding tert-OH is 1. The van der Waals surface area contributed by atoms with Crippen molar-refractivity contribution in [3.05, 3.63) is 59.1 Å². The van der Waals surface area contributed by atoms with Gasteiger partial charge in [-0.3, -0.25) is 5.32 Å². The third-order valence-corrected chi connectivity index (χ3v) is 4.38. The molecule has 4 N–H and O–H groups in total. The molecule has 5 nitrogen and oxygen atoms in total. The maximum atomic E-state index is 8.83. The van der Waals surface area contributed by atoms with Gasteiger partial charge in [0, 0.05) is 23.8 Å². The number of anilines is 1. The maximum absolute atomic E-state index is 8.83. The Hall–Kier alpha value is -1.79. The molecule has 0 saturated carbocycles. The van der Waals surface area contributed by atoms with Crippen LogP contribution in [-0.2, 0) is 0 Å². The highest BCUT2D eigenvalue weighted by Crippen LogP contribution is 2.30. The summed E-state index contributed by atoms with van der Waals surface area (Å²) in [6.07, 6.45) is -0.0705. The zero-order chi connectivity index (χ0) is 16.9. The van der Waals surface area contributed by atoms with E-state index in [2.05, 4.69) is 22.3 Å². The molecular formula is C18H22ClN3O2. The van der Waals surface area contributed by atoms with Crippen molar-refractivity contribution < 1.29 is 9.84 Å². The van der Waals surface area contributed by atoms with Crippen LogP contribution in [0.4, 0.5) is 5.69 Å². The van der Waals surface area contributed by atoms with E-state index in [1.54, 1.807) is 0 Å². The van der Waals surface area contributed by atoms with Gasteiger partial charge < -0.3 is 20.5 Å². The minimum atomic E-state index is -0.0705. The molecule has 1 saturated heterocycles. The number of rotatable bonds is 5. The molecular weight excluding hydrogens is 326 g/mol. The predicted molar refractivity (Wildman–Crippen MR) is 96.5 cm³/mol. The van der Waals surface area contributed by atoms with Crippen molar-refractivity contribution in [3.63, 3.8) is 0 Å². The Kier molecular flexibility index (Phi) is 5.58. The number of nitrogens with one attached hydrogen (secondary N) is 1. The summed E-state index contributed by atoms with van der Waals surface area (Å²) in [6, 6.07) is 16.0. The molecule has 128 valence electrons. The average Bonchev–Trinajstić information content (AvgIpc) is 2.61. The molecule has 2 atom stereocenters. The van der Waals surface area contributed by atoms with Crippen molar-refractivity contribution in [1.29, 1.82) is 0 Å². The molecule has 24 heavy (non-hydrogen) atoms. The van der Waals surface area contributed by atoms with E-state index in [1.807, 2.05) is 36.4 Å². The summed E-state index contributed by atoms with van der Waals surface area (Å²) >= 11 is 6.01. The number of aliphatic hydroxyl groups is 1. The fourth-order valence-corrected chi connectivity index (χ4v) is 3.07. The van der Waals surface area contributed by atoms with E-state index >= 15 is 0 Å². The van der Waals surface area contributed by atoms with E-state index in [9.17, 15) is 0 Å². The molecule has 1 aliphatic heterocycles. The van der Waals surface area contributed by atoms with Crippen LogP contribution in [0.2, 0.25) is 5.02 Å². The molecule has 1 heterocycles. The van der Waals surface area contributed by atoms with Crippen LogP contribution >= 0.6 is 11.6 Å². The SMILES string of the molecule is N[C@@H]1CN(c2ccc(OCCO)cc2)[C@H](c2ccc(Cl)cc2)CN1. The minimum Gasteiger partial charge on any atom is -0.491 e. The van der Waals surface area contributed by atoms with E-state index < -0.39 is 0 Å². The van der Waals surface area contributed by atoms with Gasteiger partial charge in [0.1, 0.15) is 12.4 Å². The summed E-state index contributed by atoms with van der Waals surface area (Å²) in [7, 11) is 0. The second-order valence-corrected chi connectivity index (χ2v) is 6.24. The molecule has 0 unspecified atom stereocenters. The van der Waals surface area contributed by atoms with E-state index in [0.717, 1.165) is 23.0 Å². The molecule has 0 radical (unpaired) electrons. The van der Waals surface area contributed by atoms with Gasteiger partial charge >= 0.3 is 0 Å². The number of hydrogen-bond donors (Lipinski definition) is 3. The Balaban J connectivity index is 1.82. The van der Waals surface area contributed by atoms with Gasteiger partial charge in [-0.05, 0) is 42.0 Å². The number of ether oxygens (including phenoxy) is 1. The lowest BCUT2D eigenvalue weighted by molar-refractivity contribution is 0.201. The summed E-state index contributed by atoms with van der Waals surface area (Å²) in [4.78, 5) is 2.29. The fourth-order valence-electron chi connectivity index (χ4n) is 2.94. The van der Waals surface area contributed by atoms with Gasteiger partial charge in [0.05, 0.1) is 18.8 Å². The highest BCUT2D eigenvalue weighted by Gasteiger charge is 2.27. The largest absolute Gasteiger partial charge is 0.491 e. The zero-order valence-electron chi connectivity index (χ0n) is 13.4. The molecule has 1 fully saturated rings. The summed E-state index contributed by atoms with van der Waals surface area (Å²) in [5, 5.41) is 12.9. The van der Waals surface area contributed by atoms with Crippen molar-refractivity contribution in [2.24, 2.45) is 5.73 Å². The minimum absolute atomic E-state index is 0.00698. The zero-order valence-corrected chi connectivity index (χ0v) is 14.1. The molecule has 3 rings (SSSR count). The standard InChI is InChI=1S/C18H22ClN3O2/c19-14-3-1-13(2-4-14)17-11-21-18(20)12-22(17)15-5-7-16(8-6-15)24-10-9-23/h1-8,17-18,21,23H,9-12,20H2/t17-,18-/m0/s1. The number of piperazine rings is 1. The number of hydrogen-bond acceptors (Lipinski definition) is 5. The van der Waals surface area contributed by atoms with Crippen LogP contribution in [0.25, 0.3) is 0 Å².